The number of hydrogen-bond acceptors (Lipinski definition) is 5. The Balaban J connectivity index is 1.90. The first-order valence-electron chi connectivity index (χ1n) is 6.96. The van der Waals surface area contributed by atoms with E-state index >= 15 is 0 Å². The molecule has 1 N–H and O–H groups in total. The Labute approximate surface area is 135 Å². The Bertz CT molecular complexity index is 635. The van der Waals surface area contributed by atoms with E-state index in [1.165, 1.54) is 11.8 Å². The number of rotatable bonds is 5. The fraction of sp³-hybridized carbons (Fsp3) is 0.312. The van der Waals surface area contributed by atoms with Gasteiger partial charge in [0.05, 0.1) is 5.75 Å². The molecule has 0 saturated heterocycles. The number of carbonyl (C=O) groups is 1. The van der Waals surface area contributed by atoms with E-state index < -0.39 is 0 Å². The van der Waals surface area contributed by atoms with E-state index in [2.05, 4.69) is 15.3 Å². The van der Waals surface area contributed by atoms with Gasteiger partial charge < -0.3 is 10.2 Å². The summed E-state index contributed by atoms with van der Waals surface area (Å²) in [6.45, 7) is 3.84. The van der Waals surface area contributed by atoms with Crippen LogP contribution >= 0.6 is 11.8 Å². The van der Waals surface area contributed by atoms with Gasteiger partial charge in [0.2, 0.25) is 5.91 Å². The second-order valence-electron chi connectivity index (χ2n) is 5.21. The second-order valence-corrected chi connectivity index (χ2v) is 6.15. The van der Waals surface area contributed by atoms with Crippen LogP contribution in [0.15, 0.2) is 35.5 Å². The summed E-state index contributed by atoms with van der Waals surface area (Å²) in [5, 5.41) is 3.51. The molecule has 0 aliphatic carbocycles. The van der Waals surface area contributed by atoms with Crippen molar-refractivity contribution in [2.75, 3.05) is 30.1 Å². The van der Waals surface area contributed by atoms with Crippen LogP contribution in [0.4, 0.5) is 11.4 Å². The minimum Gasteiger partial charge on any atom is -0.378 e. The monoisotopic (exact) mass is 316 g/mol. The van der Waals surface area contributed by atoms with Crippen LogP contribution < -0.4 is 10.2 Å². The second kappa shape index (κ2) is 7.26. The molecule has 0 aliphatic heterocycles. The molecule has 0 saturated carbocycles. The molecule has 0 fully saturated rings. The Kier molecular flexibility index (Phi) is 5.38. The molecular weight excluding hydrogens is 296 g/mol. The average molecular weight is 316 g/mol. The van der Waals surface area contributed by atoms with Gasteiger partial charge in [-0.25, -0.2) is 9.97 Å². The summed E-state index contributed by atoms with van der Waals surface area (Å²) in [5.74, 6) is 0.226. The lowest BCUT2D eigenvalue weighted by Gasteiger charge is -2.13. The molecule has 0 bridgehead atoms. The van der Waals surface area contributed by atoms with E-state index in [4.69, 9.17) is 0 Å². The van der Waals surface area contributed by atoms with Gasteiger partial charge in [-0.15, -0.1) is 0 Å². The summed E-state index contributed by atoms with van der Waals surface area (Å²) in [5.41, 5.74) is 3.71. The number of nitrogens with one attached hydrogen (secondary N) is 1. The summed E-state index contributed by atoms with van der Waals surface area (Å²) in [7, 11) is 3.96. The molecule has 1 amide bonds. The predicted octanol–water partition coefficient (Wildman–Crippen LogP) is 2.89. The highest BCUT2D eigenvalue weighted by molar-refractivity contribution is 7.99. The van der Waals surface area contributed by atoms with E-state index in [1.54, 1.807) is 0 Å². The number of aromatic nitrogens is 2. The fourth-order valence-corrected chi connectivity index (χ4v) is 2.68. The number of hydrogen-bond donors (Lipinski definition) is 1. The van der Waals surface area contributed by atoms with Gasteiger partial charge in [-0.3, -0.25) is 4.79 Å². The average Bonchev–Trinajstić information content (AvgIpc) is 2.45. The van der Waals surface area contributed by atoms with Gasteiger partial charge >= 0.3 is 0 Å². The standard InChI is InChI=1S/C16H20N4OS/c1-11-9-12(2)18-16(17-11)22-10-15(21)19-13-5-7-14(8-6-13)20(3)4/h5-9H,10H2,1-4H3,(H,19,21). The first-order chi connectivity index (χ1) is 10.4. The molecule has 0 radical (unpaired) electrons. The summed E-state index contributed by atoms with van der Waals surface area (Å²) in [6, 6.07) is 9.64. The van der Waals surface area contributed by atoms with Gasteiger partial charge in [0.25, 0.3) is 0 Å². The van der Waals surface area contributed by atoms with E-state index in [0.717, 1.165) is 22.8 Å². The molecule has 116 valence electrons. The molecule has 2 aromatic rings. The lowest BCUT2D eigenvalue weighted by molar-refractivity contribution is -0.113. The van der Waals surface area contributed by atoms with Crippen LogP contribution in [0, 0.1) is 13.8 Å². The quantitative estimate of drug-likeness (QED) is 0.679. The number of amides is 1. The molecule has 0 unspecified atom stereocenters. The number of anilines is 2. The normalized spacial score (nSPS) is 10.4. The molecular formula is C16H20N4OS. The fourth-order valence-electron chi connectivity index (χ4n) is 1.93. The molecule has 0 atom stereocenters. The lowest BCUT2D eigenvalue weighted by atomic mass is 10.2. The van der Waals surface area contributed by atoms with E-state index in [0.29, 0.717) is 10.9 Å². The highest BCUT2D eigenvalue weighted by atomic mass is 32.2. The number of thioether (sulfide) groups is 1. The summed E-state index contributed by atoms with van der Waals surface area (Å²) < 4.78 is 0. The molecule has 0 aliphatic rings. The molecule has 22 heavy (non-hydrogen) atoms. The molecule has 5 nitrogen and oxygen atoms in total. The highest BCUT2D eigenvalue weighted by Crippen LogP contribution is 2.17. The summed E-state index contributed by atoms with van der Waals surface area (Å²) in [4.78, 5) is 22.6. The predicted molar refractivity (Wildman–Crippen MR) is 91.6 cm³/mol. The molecule has 1 heterocycles. The van der Waals surface area contributed by atoms with Gasteiger partial charge in [0.15, 0.2) is 5.16 Å². The number of carbonyl (C=O) groups excluding carboxylic acids is 1. The van der Waals surface area contributed by atoms with Crippen molar-refractivity contribution in [1.29, 1.82) is 0 Å². The van der Waals surface area contributed by atoms with Gasteiger partial charge in [0.1, 0.15) is 0 Å². The third-order valence-corrected chi connectivity index (χ3v) is 3.81. The van der Waals surface area contributed by atoms with Crippen LogP contribution in [0.1, 0.15) is 11.4 Å². The lowest BCUT2D eigenvalue weighted by Crippen LogP contribution is -2.14. The maximum absolute atomic E-state index is 12.0. The first-order valence-corrected chi connectivity index (χ1v) is 7.95. The smallest absolute Gasteiger partial charge is 0.234 e. The number of nitrogens with zero attached hydrogens (tertiary/aromatic N) is 3. The SMILES string of the molecule is Cc1cc(C)nc(SCC(=O)Nc2ccc(N(C)C)cc2)n1. The summed E-state index contributed by atoms with van der Waals surface area (Å²) in [6.07, 6.45) is 0. The van der Waals surface area contributed by atoms with Crippen molar-refractivity contribution in [2.24, 2.45) is 0 Å². The third-order valence-electron chi connectivity index (χ3n) is 2.96. The molecule has 1 aromatic heterocycles. The zero-order chi connectivity index (χ0) is 16.1. The van der Waals surface area contributed by atoms with Crippen LogP contribution in [0.25, 0.3) is 0 Å². The van der Waals surface area contributed by atoms with Crippen LogP contribution in [0.3, 0.4) is 0 Å². The van der Waals surface area contributed by atoms with Crippen molar-refractivity contribution in [2.45, 2.75) is 19.0 Å². The number of aryl methyl sites for hydroxylation is 2. The van der Waals surface area contributed by atoms with Gasteiger partial charge in [-0.2, -0.15) is 0 Å². The van der Waals surface area contributed by atoms with E-state index in [1.807, 2.05) is 63.2 Å². The van der Waals surface area contributed by atoms with Gasteiger partial charge in [-0.1, -0.05) is 11.8 Å². The van der Waals surface area contributed by atoms with Crippen LogP contribution in [-0.2, 0) is 4.79 Å². The Morgan fingerprint density at radius 2 is 1.73 bits per heavy atom. The molecule has 1 aromatic carbocycles. The van der Waals surface area contributed by atoms with Gasteiger partial charge in [0, 0.05) is 36.9 Å². The molecule has 2 rings (SSSR count). The highest BCUT2D eigenvalue weighted by Gasteiger charge is 2.07. The first kappa shape index (κ1) is 16.3. The number of benzene rings is 1. The van der Waals surface area contributed by atoms with Crippen LogP contribution in [0.2, 0.25) is 0 Å². The van der Waals surface area contributed by atoms with Crippen molar-refractivity contribution >= 4 is 29.0 Å². The van der Waals surface area contributed by atoms with E-state index in [-0.39, 0.29) is 5.91 Å². The van der Waals surface area contributed by atoms with Crippen molar-refractivity contribution in [1.82, 2.24) is 9.97 Å². The molecule has 0 spiro atoms. The zero-order valence-electron chi connectivity index (χ0n) is 13.3. The zero-order valence-corrected chi connectivity index (χ0v) is 14.1. The largest absolute Gasteiger partial charge is 0.378 e. The van der Waals surface area contributed by atoms with Crippen molar-refractivity contribution in [3.05, 3.63) is 41.7 Å². The van der Waals surface area contributed by atoms with Crippen LogP contribution in [0.5, 0.6) is 0 Å². The van der Waals surface area contributed by atoms with Crippen molar-refractivity contribution in [3.63, 3.8) is 0 Å². The van der Waals surface area contributed by atoms with Crippen molar-refractivity contribution < 1.29 is 4.79 Å². The van der Waals surface area contributed by atoms with Crippen molar-refractivity contribution in [3.8, 4) is 0 Å². The topological polar surface area (TPSA) is 58.1 Å². The van der Waals surface area contributed by atoms with E-state index in [9.17, 15) is 4.79 Å². The summed E-state index contributed by atoms with van der Waals surface area (Å²) >= 11 is 1.34. The van der Waals surface area contributed by atoms with Gasteiger partial charge in [-0.05, 0) is 44.2 Å². The minimum absolute atomic E-state index is 0.0645. The third kappa shape index (κ3) is 4.73. The maximum atomic E-state index is 12.0. The maximum Gasteiger partial charge on any atom is 0.234 e. The minimum atomic E-state index is -0.0645. The Morgan fingerprint density at radius 1 is 1.14 bits per heavy atom. The Morgan fingerprint density at radius 3 is 2.27 bits per heavy atom. The van der Waals surface area contributed by atoms with Crippen LogP contribution in [-0.4, -0.2) is 35.7 Å². The Hall–Kier alpha value is -2.08. The molecule has 6 heteroatoms.